The Hall–Kier alpha value is -1.29. The van der Waals surface area contributed by atoms with Gasteiger partial charge in [-0.15, -0.1) is 12.4 Å². The van der Waals surface area contributed by atoms with Crippen LogP contribution in [0.4, 0.5) is 0 Å². The van der Waals surface area contributed by atoms with E-state index in [0.29, 0.717) is 10.0 Å². The molecule has 7 heteroatoms. The minimum absolute atomic E-state index is 0. The summed E-state index contributed by atoms with van der Waals surface area (Å²) in [5.41, 5.74) is 6.24. The number of hydrogen-bond donors (Lipinski definition) is 2. The molecule has 0 aliphatic rings. The Kier molecular flexibility index (Phi) is 6.70. The van der Waals surface area contributed by atoms with Crippen LogP contribution >= 0.6 is 28.3 Å². The first-order chi connectivity index (χ1) is 8.01. The molecule has 0 spiro atoms. The van der Waals surface area contributed by atoms with Gasteiger partial charge in [-0.1, -0.05) is 15.9 Å². The Bertz CT molecular complexity index is 488. The number of carbonyl (C=O) groups excluding carboxylic acids is 1. The number of halogens is 2. The van der Waals surface area contributed by atoms with Crippen molar-refractivity contribution in [1.82, 2.24) is 0 Å². The van der Waals surface area contributed by atoms with Gasteiger partial charge in [-0.25, -0.2) is 0 Å². The molecule has 0 heterocycles. The summed E-state index contributed by atoms with van der Waals surface area (Å²) < 4.78 is 5.04. The molecule has 1 aromatic carbocycles. The first kappa shape index (κ1) is 16.7. The van der Waals surface area contributed by atoms with E-state index in [1.54, 1.807) is 6.07 Å². The van der Waals surface area contributed by atoms with Gasteiger partial charge in [0.05, 0.1) is 19.1 Å². The number of rotatable bonds is 3. The molecule has 3 N–H and O–H groups in total. The van der Waals surface area contributed by atoms with Gasteiger partial charge in [-0.05, 0) is 12.1 Å². The molecule has 0 amide bonds. The van der Waals surface area contributed by atoms with Gasteiger partial charge in [-0.3, -0.25) is 4.79 Å². The Morgan fingerprint density at radius 3 is 2.78 bits per heavy atom. The lowest BCUT2D eigenvalue weighted by Gasteiger charge is -2.15. The van der Waals surface area contributed by atoms with Crippen LogP contribution < -0.4 is 5.73 Å². The monoisotopic (exact) mass is 334 g/mol. The minimum Gasteiger partial charge on any atom is -0.506 e. The molecule has 5 nitrogen and oxygen atoms in total. The van der Waals surface area contributed by atoms with Crippen LogP contribution in [0.2, 0.25) is 0 Å². The molecule has 1 atom stereocenters. The summed E-state index contributed by atoms with van der Waals surface area (Å²) in [5.74, 6) is -0.690. The van der Waals surface area contributed by atoms with Crippen LogP contribution in [0.15, 0.2) is 16.6 Å². The van der Waals surface area contributed by atoms with E-state index in [2.05, 4.69) is 20.7 Å². The SMILES string of the molecule is COC(=O)C[C@@H](N)c1c(Br)ccc(C#N)c1O.Cl. The van der Waals surface area contributed by atoms with Crippen molar-refractivity contribution in [3.8, 4) is 11.8 Å². The Balaban J connectivity index is 0.00000289. The van der Waals surface area contributed by atoms with Crippen molar-refractivity contribution in [3.05, 3.63) is 27.7 Å². The molecular formula is C11H12BrClN2O3. The van der Waals surface area contributed by atoms with Crippen LogP contribution in [0.1, 0.15) is 23.6 Å². The van der Waals surface area contributed by atoms with E-state index in [1.807, 2.05) is 6.07 Å². The smallest absolute Gasteiger partial charge is 0.307 e. The predicted molar refractivity (Wildman–Crippen MR) is 71.3 cm³/mol. The number of methoxy groups -OCH3 is 1. The highest BCUT2D eigenvalue weighted by molar-refractivity contribution is 9.10. The number of phenolic OH excluding ortho intramolecular Hbond substituents is 1. The molecule has 0 saturated carbocycles. The van der Waals surface area contributed by atoms with E-state index in [9.17, 15) is 9.90 Å². The summed E-state index contributed by atoms with van der Waals surface area (Å²) in [5, 5.41) is 18.6. The third-order valence-corrected chi connectivity index (χ3v) is 2.96. The van der Waals surface area contributed by atoms with Crippen LogP contribution in [0.5, 0.6) is 5.75 Å². The van der Waals surface area contributed by atoms with Gasteiger partial charge < -0.3 is 15.6 Å². The molecule has 0 saturated heterocycles. The van der Waals surface area contributed by atoms with Crippen LogP contribution in [0.25, 0.3) is 0 Å². The molecule has 0 radical (unpaired) electrons. The van der Waals surface area contributed by atoms with Crippen molar-refractivity contribution in [2.24, 2.45) is 5.73 Å². The molecule has 0 unspecified atom stereocenters. The zero-order valence-corrected chi connectivity index (χ0v) is 11.9. The number of ether oxygens (including phenoxy) is 1. The first-order valence-corrected chi connectivity index (χ1v) is 5.54. The number of carbonyl (C=O) groups is 1. The number of nitrogens with two attached hydrogens (primary N) is 1. The van der Waals surface area contributed by atoms with Gasteiger partial charge in [0.2, 0.25) is 0 Å². The molecule has 0 fully saturated rings. The lowest BCUT2D eigenvalue weighted by atomic mass is 10.0. The minimum atomic E-state index is -0.731. The maximum Gasteiger partial charge on any atom is 0.307 e. The Morgan fingerprint density at radius 2 is 2.28 bits per heavy atom. The van der Waals surface area contributed by atoms with Gasteiger partial charge in [0.15, 0.2) is 0 Å². The molecule has 1 aromatic rings. The number of hydrogen-bond acceptors (Lipinski definition) is 5. The predicted octanol–water partition coefficient (Wildman–Crippen LogP) is 2.01. The Morgan fingerprint density at radius 1 is 1.67 bits per heavy atom. The quantitative estimate of drug-likeness (QED) is 0.824. The van der Waals surface area contributed by atoms with Crippen LogP contribution in [-0.4, -0.2) is 18.2 Å². The van der Waals surface area contributed by atoms with Gasteiger partial charge in [-0.2, -0.15) is 5.26 Å². The molecule has 1 rings (SSSR count). The second-order valence-electron chi connectivity index (χ2n) is 3.36. The summed E-state index contributed by atoms with van der Waals surface area (Å²) in [6.07, 6.45) is -0.0719. The van der Waals surface area contributed by atoms with Gasteiger partial charge in [0.1, 0.15) is 11.8 Å². The molecule has 98 valence electrons. The standard InChI is InChI=1S/C11H11BrN2O3.ClH/c1-17-9(15)4-8(14)10-7(12)3-2-6(5-13)11(10)16;/h2-3,8,16H,4,14H2,1H3;1H/t8-;/m1./s1. The topological polar surface area (TPSA) is 96.3 Å². The fourth-order valence-corrected chi connectivity index (χ4v) is 2.01. The highest BCUT2D eigenvalue weighted by Gasteiger charge is 2.20. The summed E-state index contributed by atoms with van der Waals surface area (Å²) in [4.78, 5) is 11.1. The largest absolute Gasteiger partial charge is 0.506 e. The second kappa shape index (κ2) is 7.21. The number of nitriles is 1. The van der Waals surface area contributed by atoms with E-state index < -0.39 is 12.0 Å². The Labute approximate surface area is 119 Å². The fourth-order valence-electron chi connectivity index (χ4n) is 1.39. The van der Waals surface area contributed by atoms with E-state index in [-0.39, 0.29) is 30.1 Å². The zero-order valence-electron chi connectivity index (χ0n) is 9.51. The highest BCUT2D eigenvalue weighted by Crippen LogP contribution is 2.34. The first-order valence-electron chi connectivity index (χ1n) is 4.75. The lowest BCUT2D eigenvalue weighted by Crippen LogP contribution is -2.17. The van der Waals surface area contributed by atoms with E-state index in [4.69, 9.17) is 11.0 Å². The average molecular weight is 336 g/mol. The third kappa shape index (κ3) is 3.60. The van der Waals surface area contributed by atoms with E-state index in [1.165, 1.54) is 13.2 Å². The van der Waals surface area contributed by atoms with Gasteiger partial charge >= 0.3 is 5.97 Å². The summed E-state index contributed by atoms with van der Waals surface area (Å²) >= 11 is 3.22. The molecule has 0 aliphatic carbocycles. The van der Waals surface area contributed by atoms with Crippen LogP contribution in [0, 0.1) is 11.3 Å². The van der Waals surface area contributed by atoms with E-state index in [0.717, 1.165) is 0 Å². The normalized spacial score (nSPS) is 11.0. The maximum absolute atomic E-state index is 11.1. The second-order valence-corrected chi connectivity index (χ2v) is 4.21. The van der Waals surface area contributed by atoms with Crippen LogP contribution in [-0.2, 0) is 9.53 Å². The number of phenols is 1. The summed E-state index contributed by atoms with van der Waals surface area (Å²) in [6.45, 7) is 0. The number of esters is 1. The van der Waals surface area contributed by atoms with Crippen molar-refractivity contribution in [2.75, 3.05) is 7.11 Å². The maximum atomic E-state index is 11.1. The fraction of sp³-hybridized carbons (Fsp3) is 0.273. The number of benzene rings is 1. The summed E-state index contributed by atoms with van der Waals surface area (Å²) in [6, 6.07) is 4.18. The molecular weight excluding hydrogens is 323 g/mol. The average Bonchev–Trinajstić information content (AvgIpc) is 2.29. The van der Waals surface area contributed by atoms with Crippen LogP contribution in [0.3, 0.4) is 0 Å². The molecule has 18 heavy (non-hydrogen) atoms. The van der Waals surface area contributed by atoms with E-state index >= 15 is 0 Å². The van der Waals surface area contributed by atoms with Crippen molar-refractivity contribution >= 4 is 34.3 Å². The van der Waals surface area contributed by atoms with Gasteiger partial charge in [0.25, 0.3) is 0 Å². The number of aromatic hydroxyl groups is 1. The van der Waals surface area contributed by atoms with Crippen molar-refractivity contribution in [1.29, 1.82) is 5.26 Å². The lowest BCUT2D eigenvalue weighted by molar-refractivity contribution is -0.141. The number of nitrogens with zero attached hydrogens (tertiary/aromatic N) is 1. The molecule has 0 bridgehead atoms. The van der Waals surface area contributed by atoms with Gasteiger partial charge in [0, 0.05) is 16.1 Å². The van der Waals surface area contributed by atoms with Crippen molar-refractivity contribution in [3.63, 3.8) is 0 Å². The van der Waals surface area contributed by atoms with Crippen molar-refractivity contribution < 1.29 is 14.6 Å². The third-order valence-electron chi connectivity index (χ3n) is 2.27. The molecule has 0 aliphatic heterocycles. The highest BCUT2D eigenvalue weighted by atomic mass is 79.9. The summed E-state index contributed by atoms with van der Waals surface area (Å²) in [7, 11) is 1.26. The zero-order chi connectivity index (χ0) is 13.0. The van der Waals surface area contributed by atoms with Crippen molar-refractivity contribution in [2.45, 2.75) is 12.5 Å². The molecule has 0 aromatic heterocycles.